The standard InChI is InChI=1S/C17H24N2O5S2/c20-17(18-15-9-12-25(21,22)13-15)14-5-7-16(8-6-14)26(23,24)19-10-3-1-2-4-11-19/h5-8,15H,1-4,9-13H2,(H,18,20). The average Bonchev–Trinajstić information content (AvgIpc) is 2.81. The van der Waals surface area contributed by atoms with Gasteiger partial charge in [-0.15, -0.1) is 0 Å². The van der Waals surface area contributed by atoms with Crippen molar-refractivity contribution in [2.45, 2.75) is 43.0 Å². The van der Waals surface area contributed by atoms with Crippen LogP contribution in [0.3, 0.4) is 0 Å². The highest BCUT2D eigenvalue weighted by molar-refractivity contribution is 7.91. The first-order chi connectivity index (χ1) is 12.3. The summed E-state index contributed by atoms with van der Waals surface area (Å²) < 4.78 is 49.9. The van der Waals surface area contributed by atoms with Gasteiger partial charge in [-0.1, -0.05) is 12.8 Å². The second kappa shape index (κ2) is 7.66. The summed E-state index contributed by atoms with van der Waals surface area (Å²) in [7, 11) is -6.61. The van der Waals surface area contributed by atoms with Crippen LogP contribution in [0, 0.1) is 0 Å². The van der Waals surface area contributed by atoms with Crippen molar-refractivity contribution in [3.63, 3.8) is 0 Å². The van der Waals surface area contributed by atoms with Gasteiger partial charge in [-0.3, -0.25) is 4.79 Å². The third kappa shape index (κ3) is 4.44. The molecule has 9 heteroatoms. The molecule has 2 saturated heterocycles. The van der Waals surface area contributed by atoms with Crippen LogP contribution in [0.25, 0.3) is 0 Å². The summed E-state index contributed by atoms with van der Waals surface area (Å²) in [6.45, 7) is 1.06. The van der Waals surface area contributed by atoms with E-state index in [0.29, 0.717) is 25.1 Å². The first kappa shape index (κ1) is 19.3. The van der Waals surface area contributed by atoms with E-state index >= 15 is 0 Å². The summed E-state index contributed by atoms with van der Waals surface area (Å²) in [6.07, 6.45) is 4.23. The summed E-state index contributed by atoms with van der Waals surface area (Å²) in [6, 6.07) is 5.46. The van der Waals surface area contributed by atoms with Crippen LogP contribution in [0.5, 0.6) is 0 Å². The molecule has 1 aromatic rings. The number of benzene rings is 1. The summed E-state index contributed by atoms with van der Waals surface area (Å²) in [5.74, 6) is -0.337. The lowest BCUT2D eigenvalue weighted by Crippen LogP contribution is -2.35. The van der Waals surface area contributed by atoms with Crippen molar-refractivity contribution < 1.29 is 21.6 Å². The minimum Gasteiger partial charge on any atom is -0.348 e. The zero-order chi connectivity index (χ0) is 18.8. The van der Waals surface area contributed by atoms with Crippen LogP contribution in [0.15, 0.2) is 29.2 Å². The summed E-state index contributed by atoms with van der Waals surface area (Å²) in [4.78, 5) is 12.4. The Morgan fingerprint density at radius 3 is 2.19 bits per heavy atom. The van der Waals surface area contributed by atoms with E-state index in [2.05, 4.69) is 5.32 Å². The first-order valence-corrected chi connectivity index (χ1v) is 12.2. The van der Waals surface area contributed by atoms with E-state index in [1.807, 2.05) is 0 Å². The molecule has 1 N–H and O–H groups in total. The maximum Gasteiger partial charge on any atom is 0.251 e. The van der Waals surface area contributed by atoms with Crippen LogP contribution in [-0.2, 0) is 19.9 Å². The number of hydrogen-bond donors (Lipinski definition) is 1. The molecule has 0 aliphatic carbocycles. The molecule has 2 heterocycles. The molecule has 0 saturated carbocycles. The highest BCUT2D eigenvalue weighted by Crippen LogP contribution is 2.21. The molecule has 2 aliphatic heterocycles. The molecule has 2 aliphatic rings. The van der Waals surface area contributed by atoms with Crippen molar-refractivity contribution in [2.24, 2.45) is 0 Å². The van der Waals surface area contributed by atoms with Gasteiger partial charge in [-0.05, 0) is 43.5 Å². The molecular weight excluding hydrogens is 376 g/mol. The molecule has 1 atom stereocenters. The lowest BCUT2D eigenvalue weighted by molar-refractivity contribution is 0.0941. The average molecular weight is 401 g/mol. The van der Waals surface area contributed by atoms with Gasteiger partial charge in [0.1, 0.15) is 0 Å². The SMILES string of the molecule is O=C(NC1CCS(=O)(=O)C1)c1ccc(S(=O)(=O)N2CCCCCC2)cc1. The van der Waals surface area contributed by atoms with Crippen molar-refractivity contribution >= 4 is 25.8 Å². The number of hydrogen-bond acceptors (Lipinski definition) is 5. The Morgan fingerprint density at radius 2 is 1.65 bits per heavy atom. The fourth-order valence-electron chi connectivity index (χ4n) is 3.39. The van der Waals surface area contributed by atoms with Gasteiger partial charge >= 0.3 is 0 Å². The van der Waals surface area contributed by atoms with Crippen molar-refractivity contribution in [1.29, 1.82) is 0 Å². The van der Waals surface area contributed by atoms with E-state index in [-0.39, 0.29) is 28.4 Å². The van der Waals surface area contributed by atoms with E-state index < -0.39 is 19.9 Å². The van der Waals surface area contributed by atoms with Gasteiger partial charge in [-0.2, -0.15) is 4.31 Å². The van der Waals surface area contributed by atoms with Gasteiger partial charge in [0.25, 0.3) is 5.91 Å². The normalized spacial score (nSPS) is 24.1. The molecular formula is C17H24N2O5S2. The Bertz CT molecular complexity index is 855. The fraction of sp³-hybridized carbons (Fsp3) is 0.588. The number of rotatable bonds is 4. The molecule has 1 amide bonds. The smallest absolute Gasteiger partial charge is 0.251 e. The highest BCUT2D eigenvalue weighted by Gasteiger charge is 2.29. The number of sulfonamides is 1. The molecule has 0 aromatic heterocycles. The fourth-order valence-corrected chi connectivity index (χ4v) is 6.58. The summed E-state index contributed by atoms with van der Waals surface area (Å²) >= 11 is 0. The van der Waals surface area contributed by atoms with Gasteiger partial charge in [0.05, 0.1) is 16.4 Å². The molecule has 144 valence electrons. The molecule has 7 nitrogen and oxygen atoms in total. The van der Waals surface area contributed by atoms with E-state index in [0.717, 1.165) is 25.7 Å². The number of nitrogens with one attached hydrogen (secondary N) is 1. The van der Waals surface area contributed by atoms with Gasteiger partial charge in [0.2, 0.25) is 10.0 Å². The molecule has 0 bridgehead atoms. The van der Waals surface area contributed by atoms with Crippen molar-refractivity contribution in [2.75, 3.05) is 24.6 Å². The van der Waals surface area contributed by atoms with E-state index in [1.54, 1.807) is 0 Å². The molecule has 3 rings (SSSR count). The zero-order valence-corrected chi connectivity index (χ0v) is 16.2. The summed E-state index contributed by atoms with van der Waals surface area (Å²) in [5.41, 5.74) is 0.323. The Labute approximate surface area is 154 Å². The number of amides is 1. The minimum absolute atomic E-state index is 0.0415. The maximum absolute atomic E-state index is 12.7. The Hall–Kier alpha value is -1.45. The van der Waals surface area contributed by atoms with Gasteiger partial charge < -0.3 is 5.32 Å². The zero-order valence-electron chi connectivity index (χ0n) is 14.6. The molecule has 0 spiro atoms. The predicted octanol–water partition coefficient (Wildman–Crippen LogP) is 1.17. The quantitative estimate of drug-likeness (QED) is 0.818. The molecule has 1 aromatic carbocycles. The van der Waals surface area contributed by atoms with E-state index in [9.17, 15) is 21.6 Å². The second-order valence-electron chi connectivity index (χ2n) is 6.92. The van der Waals surface area contributed by atoms with Crippen LogP contribution >= 0.6 is 0 Å². The lowest BCUT2D eigenvalue weighted by Gasteiger charge is -2.20. The Kier molecular flexibility index (Phi) is 5.69. The van der Waals surface area contributed by atoms with Crippen LogP contribution < -0.4 is 5.32 Å². The van der Waals surface area contributed by atoms with Gasteiger partial charge in [-0.25, -0.2) is 16.8 Å². The Balaban J connectivity index is 1.68. The van der Waals surface area contributed by atoms with Crippen LogP contribution in [0.1, 0.15) is 42.5 Å². The van der Waals surface area contributed by atoms with Crippen LogP contribution in [0.4, 0.5) is 0 Å². The topological polar surface area (TPSA) is 101 Å². The molecule has 0 radical (unpaired) electrons. The molecule has 2 fully saturated rings. The third-order valence-corrected chi connectivity index (χ3v) is 8.57. The van der Waals surface area contributed by atoms with Crippen molar-refractivity contribution in [3.05, 3.63) is 29.8 Å². The highest BCUT2D eigenvalue weighted by atomic mass is 32.2. The molecule has 1 unspecified atom stereocenters. The van der Waals surface area contributed by atoms with Crippen LogP contribution in [-0.4, -0.2) is 57.7 Å². The largest absolute Gasteiger partial charge is 0.348 e. The maximum atomic E-state index is 12.7. The van der Waals surface area contributed by atoms with Gasteiger partial charge in [0.15, 0.2) is 9.84 Å². The molecule has 26 heavy (non-hydrogen) atoms. The third-order valence-electron chi connectivity index (χ3n) is 4.89. The first-order valence-electron chi connectivity index (χ1n) is 8.89. The van der Waals surface area contributed by atoms with E-state index in [4.69, 9.17) is 0 Å². The monoisotopic (exact) mass is 400 g/mol. The minimum atomic E-state index is -3.54. The van der Waals surface area contributed by atoms with Crippen LogP contribution in [0.2, 0.25) is 0 Å². The van der Waals surface area contributed by atoms with E-state index in [1.165, 1.54) is 28.6 Å². The number of sulfone groups is 1. The number of carbonyl (C=O) groups excluding carboxylic acids is 1. The number of carbonyl (C=O) groups is 1. The predicted molar refractivity (Wildman–Crippen MR) is 98.2 cm³/mol. The Morgan fingerprint density at radius 1 is 1.04 bits per heavy atom. The number of nitrogens with zero attached hydrogens (tertiary/aromatic N) is 1. The van der Waals surface area contributed by atoms with Crippen molar-refractivity contribution in [1.82, 2.24) is 9.62 Å². The lowest BCUT2D eigenvalue weighted by atomic mass is 10.2. The van der Waals surface area contributed by atoms with Gasteiger partial charge in [0, 0.05) is 24.7 Å². The summed E-state index contributed by atoms with van der Waals surface area (Å²) in [5, 5.41) is 2.70. The second-order valence-corrected chi connectivity index (χ2v) is 11.1. The van der Waals surface area contributed by atoms with Crippen molar-refractivity contribution in [3.8, 4) is 0 Å².